The summed E-state index contributed by atoms with van der Waals surface area (Å²) >= 11 is 0. The molecule has 6 heteroatoms. The van der Waals surface area contributed by atoms with Crippen molar-refractivity contribution in [2.75, 3.05) is 13.2 Å². The van der Waals surface area contributed by atoms with E-state index in [1.165, 1.54) is 0 Å². The quantitative estimate of drug-likeness (QED) is 0.526. The largest absolute Gasteiger partial charge is 0.396 e. The van der Waals surface area contributed by atoms with Crippen LogP contribution in [0.25, 0.3) is 0 Å². The van der Waals surface area contributed by atoms with E-state index in [-0.39, 0.29) is 25.1 Å². The summed E-state index contributed by atoms with van der Waals surface area (Å²) in [5, 5.41) is 24.0. The molecular formula is C13H24N2O4. The molecule has 0 aliphatic heterocycles. The molecule has 1 rings (SSSR count). The molecule has 0 aromatic heterocycles. The van der Waals surface area contributed by atoms with Crippen molar-refractivity contribution < 1.29 is 19.8 Å². The third-order valence-corrected chi connectivity index (χ3v) is 3.54. The van der Waals surface area contributed by atoms with Crippen LogP contribution in [-0.4, -0.2) is 47.3 Å². The van der Waals surface area contributed by atoms with Gasteiger partial charge in [0.1, 0.15) is 6.10 Å². The van der Waals surface area contributed by atoms with Gasteiger partial charge in [-0.2, -0.15) is 0 Å². The highest BCUT2D eigenvalue weighted by atomic mass is 16.3. The molecule has 0 aromatic carbocycles. The first-order chi connectivity index (χ1) is 8.86. The number of aliphatic hydroxyl groups is 2. The minimum absolute atomic E-state index is 0.145. The minimum Gasteiger partial charge on any atom is -0.396 e. The summed E-state index contributed by atoms with van der Waals surface area (Å²) < 4.78 is 0. The van der Waals surface area contributed by atoms with Crippen molar-refractivity contribution in [2.24, 2.45) is 5.41 Å². The smallest absolute Gasteiger partial charge is 0.249 e. The van der Waals surface area contributed by atoms with Crippen LogP contribution in [0, 0.1) is 5.41 Å². The van der Waals surface area contributed by atoms with E-state index in [1.807, 2.05) is 0 Å². The van der Waals surface area contributed by atoms with E-state index in [0.29, 0.717) is 0 Å². The van der Waals surface area contributed by atoms with Crippen LogP contribution in [-0.2, 0) is 9.59 Å². The van der Waals surface area contributed by atoms with Gasteiger partial charge < -0.3 is 20.8 Å². The first-order valence-electron chi connectivity index (χ1n) is 6.73. The molecule has 4 N–H and O–H groups in total. The van der Waals surface area contributed by atoms with Crippen LogP contribution < -0.4 is 10.6 Å². The van der Waals surface area contributed by atoms with Crippen LogP contribution in [0.2, 0.25) is 0 Å². The van der Waals surface area contributed by atoms with Gasteiger partial charge in [-0.15, -0.1) is 0 Å². The summed E-state index contributed by atoms with van der Waals surface area (Å²) in [4.78, 5) is 23.2. The Morgan fingerprint density at radius 3 is 2.42 bits per heavy atom. The first kappa shape index (κ1) is 15.9. The third kappa shape index (κ3) is 4.80. The van der Waals surface area contributed by atoms with E-state index in [9.17, 15) is 14.7 Å². The number of carbonyl (C=O) groups is 2. The molecule has 0 saturated heterocycles. The van der Waals surface area contributed by atoms with Gasteiger partial charge in [-0.05, 0) is 12.8 Å². The molecule has 0 spiro atoms. The predicted molar refractivity (Wildman–Crippen MR) is 70.3 cm³/mol. The van der Waals surface area contributed by atoms with Gasteiger partial charge in [-0.25, -0.2) is 0 Å². The lowest BCUT2D eigenvalue weighted by Gasteiger charge is -2.27. The number of hydrogen-bond acceptors (Lipinski definition) is 4. The summed E-state index contributed by atoms with van der Waals surface area (Å²) in [5.41, 5.74) is -0.925. The summed E-state index contributed by atoms with van der Waals surface area (Å²) in [5.74, 6) is -0.880. The van der Waals surface area contributed by atoms with E-state index < -0.39 is 17.4 Å². The summed E-state index contributed by atoms with van der Waals surface area (Å²) in [6.45, 7) is 2.70. The molecule has 0 bridgehead atoms. The Morgan fingerprint density at radius 1 is 1.32 bits per heavy atom. The van der Waals surface area contributed by atoms with Gasteiger partial charge in [0.2, 0.25) is 11.8 Å². The highest BCUT2D eigenvalue weighted by Crippen LogP contribution is 2.19. The summed E-state index contributed by atoms with van der Waals surface area (Å²) in [7, 11) is 0. The summed E-state index contributed by atoms with van der Waals surface area (Å²) in [6.07, 6.45) is 2.89. The van der Waals surface area contributed by atoms with Crippen molar-refractivity contribution in [1.82, 2.24) is 10.6 Å². The van der Waals surface area contributed by atoms with Gasteiger partial charge in [0.25, 0.3) is 0 Å². The molecule has 2 amide bonds. The minimum atomic E-state index is -1.34. The van der Waals surface area contributed by atoms with Crippen molar-refractivity contribution in [3.05, 3.63) is 0 Å². The Balaban J connectivity index is 2.31. The molecule has 1 aliphatic carbocycles. The van der Waals surface area contributed by atoms with E-state index in [1.54, 1.807) is 13.8 Å². The molecule has 0 heterocycles. The fraction of sp³-hybridized carbons (Fsp3) is 0.846. The van der Waals surface area contributed by atoms with Gasteiger partial charge in [0, 0.05) is 11.5 Å². The second-order valence-electron chi connectivity index (χ2n) is 5.82. The Morgan fingerprint density at radius 2 is 1.89 bits per heavy atom. The van der Waals surface area contributed by atoms with Crippen LogP contribution in [0.1, 0.15) is 39.5 Å². The lowest BCUT2D eigenvalue weighted by molar-refractivity contribution is -0.138. The fourth-order valence-corrected chi connectivity index (χ4v) is 2.05. The number of carbonyl (C=O) groups excluding carboxylic acids is 2. The second kappa shape index (κ2) is 6.86. The monoisotopic (exact) mass is 272 g/mol. The van der Waals surface area contributed by atoms with E-state index in [4.69, 9.17) is 5.11 Å². The zero-order valence-corrected chi connectivity index (χ0v) is 11.6. The SMILES string of the molecule is CC(C)(CO)[C@@H](O)C(=O)NCC(=O)NC1CCCC1. The van der Waals surface area contributed by atoms with Gasteiger partial charge in [0.05, 0.1) is 13.2 Å². The average Bonchev–Trinajstić information content (AvgIpc) is 2.87. The summed E-state index contributed by atoms with van der Waals surface area (Å²) in [6, 6.07) is 0.211. The lowest BCUT2D eigenvalue weighted by atomic mass is 9.87. The first-order valence-corrected chi connectivity index (χ1v) is 6.73. The van der Waals surface area contributed by atoms with E-state index in [0.717, 1.165) is 25.7 Å². The molecule has 0 radical (unpaired) electrons. The normalized spacial score (nSPS) is 18.1. The van der Waals surface area contributed by atoms with Crippen LogP contribution in [0.5, 0.6) is 0 Å². The Hall–Kier alpha value is -1.14. The molecule has 19 heavy (non-hydrogen) atoms. The number of rotatable bonds is 6. The van der Waals surface area contributed by atoms with Crippen molar-refractivity contribution in [2.45, 2.75) is 51.7 Å². The van der Waals surface area contributed by atoms with Crippen molar-refractivity contribution >= 4 is 11.8 Å². The zero-order valence-electron chi connectivity index (χ0n) is 11.6. The van der Waals surface area contributed by atoms with Crippen LogP contribution >= 0.6 is 0 Å². The third-order valence-electron chi connectivity index (χ3n) is 3.54. The van der Waals surface area contributed by atoms with Crippen molar-refractivity contribution in [3.8, 4) is 0 Å². The zero-order chi connectivity index (χ0) is 14.5. The molecule has 1 saturated carbocycles. The molecule has 0 aromatic rings. The maximum atomic E-state index is 11.6. The van der Waals surface area contributed by atoms with Gasteiger partial charge in [-0.1, -0.05) is 26.7 Å². The predicted octanol–water partition coefficient (Wildman–Crippen LogP) is -0.459. The average molecular weight is 272 g/mol. The highest BCUT2D eigenvalue weighted by Gasteiger charge is 2.33. The Labute approximate surface area is 113 Å². The Kier molecular flexibility index (Phi) is 5.75. The van der Waals surface area contributed by atoms with Crippen LogP contribution in [0.15, 0.2) is 0 Å². The van der Waals surface area contributed by atoms with E-state index >= 15 is 0 Å². The maximum absolute atomic E-state index is 11.6. The van der Waals surface area contributed by atoms with E-state index in [2.05, 4.69) is 10.6 Å². The number of nitrogens with one attached hydrogen (secondary N) is 2. The molecule has 0 unspecified atom stereocenters. The molecule has 1 fully saturated rings. The Bertz CT molecular complexity index is 325. The molecule has 6 nitrogen and oxygen atoms in total. The van der Waals surface area contributed by atoms with Gasteiger partial charge in [0.15, 0.2) is 0 Å². The number of hydrogen-bond donors (Lipinski definition) is 4. The van der Waals surface area contributed by atoms with Crippen LogP contribution in [0.3, 0.4) is 0 Å². The maximum Gasteiger partial charge on any atom is 0.249 e. The molecule has 1 aliphatic rings. The molecular weight excluding hydrogens is 248 g/mol. The molecule has 1 atom stereocenters. The van der Waals surface area contributed by atoms with Crippen molar-refractivity contribution in [3.63, 3.8) is 0 Å². The fourth-order valence-electron chi connectivity index (χ4n) is 2.05. The number of amides is 2. The van der Waals surface area contributed by atoms with Gasteiger partial charge >= 0.3 is 0 Å². The lowest BCUT2D eigenvalue weighted by Crippen LogP contribution is -2.48. The highest BCUT2D eigenvalue weighted by molar-refractivity contribution is 5.87. The molecule has 110 valence electrons. The second-order valence-corrected chi connectivity index (χ2v) is 5.82. The topological polar surface area (TPSA) is 98.7 Å². The van der Waals surface area contributed by atoms with Gasteiger partial charge in [-0.3, -0.25) is 9.59 Å². The number of aliphatic hydroxyl groups excluding tert-OH is 2. The van der Waals surface area contributed by atoms with Crippen LogP contribution in [0.4, 0.5) is 0 Å². The van der Waals surface area contributed by atoms with Crippen molar-refractivity contribution in [1.29, 1.82) is 0 Å². The standard InChI is InChI=1S/C13H24N2O4/c1-13(2,8-16)11(18)12(19)14-7-10(17)15-9-5-3-4-6-9/h9,11,16,18H,3-8H2,1-2H3,(H,14,19)(H,15,17)/t11-/m0/s1.